The van der Waals surface area contributed by atoms with Gasteiger partial charge in [-0.2, -0.15) is 0 Å². The fourth-order valence-electron chi connectivity index (χ4n) is 4.04. The first-order chi connectivity index (χ1) is 8.15. The molecule has 2 aliphatic heterocycles. The Morgan fingerprint density at radius 3 is 2.24 bits per heavy atom. The molecule has 2 saturated heterocycles. The summed E-state index contributed by atoms with van der Waals surface area (Å²) in [4.78, 5) is 2.86. The van der Waals surface area contributed by atoms with Gasteiger partial charge in [0, 0.05) is 24.2 Å². The van der Waals surface area contributed by atoms with E-state index in [4.69, 9.17) is 0 Å². The van der Waals surface area contributed by atoms with E-state index in [1.165, 1.54) is 38.5 Å². The lowest BCUT2D eigenvalue weighted by atomic mass is 9.92. The third-order valence-electron chi connectivity index (χ3n) is 5.15. The van der Waals surface area contributed by atoms with Gasteiger partial charge in [-0.3, -0.25) is 4.90 Å². The first kappa shape index (κ1) is 13.4. The summed E-state index contributed by atoms with van der Waals surface area (Å²) in [6, 6.07) is 3.30. The van der Waals surface area contributed by atoms with Gasteiger partial charge < -0.3 is 5.32 Å². The molecule has 17 heavy (non-hydrogen) atoms. The van der Waals surface area contributed by atoms with Gasteiger partial charge in [0.2, 0.25) is 0 Å². The Bertz CT molecular complexity index is 227. The van der Waals surface area contributed by atoms with Crippen LogP contribution in [0.2, 0.25) is 0 Å². The number of nitrogens with zero attached hydrogens (tertiary/aromatic N) is 1. The maximum Gasteiger partial charge on any atom is 0.0116 e. The first-order valence-corrected chi connectivity index (χ1v) is 7.60. The molecular weight excluding hydrogens is 208 g/mol. The molecule has 100 valence electrons. The lowest BCUT2D eigenvalue weighted by molar-refractivity contribution is 0.0680. The maximum absolute atomic E-state index is 3.49. The monoisotopic (exact) mass is 238 g/mol. The molecule has 1 N–H and O–H groups in total. The SMILES string of the molecule is CCC(C)CC(C)N1C2CCC1CC(NC)C2. The zero-order valence-electron chi connectivity index (χ0n) is 12.1. The van der Waals surface area contributed by atoms with E-state index in [1.54, 1.807) is 0 Å². The zero-order chi connectivity index (χ0) is 12.4. The molecule has 4 atom stereocenters. The summed E-state index contributed by atoms with van der Waals surface area (Å²) in [5, 5.41) is 3.49. The van der Waals surface area contributed by atoms with Crippen molar-refractivity contribution in [3.05, 3.63) is 0 Å². The van der Waals surface area contributed by atoms with E-state index in [1.807, 2.05) is 0 Å². The number of hydrogen-bond donors (Lipinski definition) is 1. The summed E-state index contributed by atoms with van der Waals surface area (Å²) < 4.78 is 0. The van der Waals surface area contributed by atoms with Gasteiger partial charge in [0.25, 0.3) is 0 Å². The Balaban J connectivity index is 1.94. The Hall–Kier alpha value is -0.0800. The van der Waals surface area contributed by atoms with E-state index < -0.39 is 0 Å². The van der Waals surface area contributed by atoms with Gasteiger partial charge in [0.1, 0.15) is 0 Å². The van der Waals surface area contributed by atoms with Crippen LogP contribution in [0, 0.1) is 5.92 Å². The highest BCUT2D eigenvalue weighted by Crippen LogP contribution is 2.38. The van der Waals surface area contributed by atoms with Crippen LogP contribution in [0.25, 0.3) is 0 Å². The van der Waals surface area contributed by atoms with Crippen molar-refractivity contribution >= 4 is 0 Å². The van der Waals surface area contributed by atoms with E-state index in [9.17, 15) is 0 Å². The predicted octanol–water partition coefficient (Wildman–Crippen LogP) is 3.03. The third-order valence-corrected chi connectivity index (χ3v) is 5.15. The van der Waals surface area contributed by atoms with Gasteiger partial charge in [0.05, 0.1) is 0 Å². The fraction of sp³-hybridized carbons (Fsp3) is 1.00. The minimum Gasteiger partial charge on any atom is -0.317 e. The maximum atomic E-state index is 3.49. The van der Waals surface area contributed by atoms with Crippen LogP contribution in [0.4, 0.5) is 0 Å². The highest BCUT2D eigenvalue weighted by molar-refractivity contribution is 4.99. The molecule has 2 nitrogen and oxygen atoms in total. The van der Waals surface area contributed by atoms with E-state index in [2.05, 4.69) is 38.0 Å². The van der Waals surface area contributed by atoms with Crippen LogP contribution in [-0.4, -0.2) is 36.1 Å². The molecule has 2 aliphatic rings. The average molecular weight is 238 g/mol. The summed E-state index contributed by atoms with van der Waals surface area (Å²) in [6.45, 7) is 7.18. The number of nitrogens with one attached hydrogen (secondary N) is 1. The number of piperidine rings is 1. The van der Waals surface area contributed by atoms with Crippen LogP contribution in [0.3, 0.4) is 0 Å². The van der Waals surface area contributed by atoms with Crippen molar-refractivity contribution in [2.24, 2.45) is 5.92 Å². The summed E-state index contributed by atoms with van der Waals surface area (Å²) in [7, 11) is 2.13. The molecule has 0 saturated carbocycles. The van der Waals surface area contributed by atoms with Crippen LogP contribution in [0.1, 0.15) is 59.3 Å². The normalized spacial score (nSPS) is 37.1. The largest absolute Gasteiger partial charge is 0.317 e. The van der Waals surface area contributed by atoms with Crippen molar-refractivity contribution in [1.82, 2.24) is 10.2 Å². The van der Waals surface area contributed by atoms with Crippen LogP contribution >= 0.6 is 0 Å². The molecule has 2 heteroatoms. The molecule has 0 spiro atoms. The van der Waals surface area contributed by atoms with Crippen LogP contribution in [0.15, 0.2) is 0 Å². The number of fused-ring (bicyclic) bond motifs is 2. The molecule has 4 unspecified atom stereocenters. The minimum atomic E-state index is 0.777. The molecular formula is C15H30N2. The van der Waals surface area contributed by atoms with Crippen molar-refractivity contribution in [2.45, 2.75) is 83.5 Å². The van der Waals surface area contributed by atoms with E-state index in [0.29, 0.717) is 0 Å². The third kappa shape index (κ3) is 2.85. The van der Waals surface area contributed by atoms with Crippen LogP contribution in [0.5, 0.6) is 0 Å². The van der Waals surface area contributed by atoms with Gasteiger partial charge in [-0.15, -0.1) is 0 Å². The molecule has 0 aromatic heterocycles. The van der Waals surface area contributed by atoms with Crippen LogP contribution < -0.4 is 5.32 Å². The second-order valence-electron chi connectivity index (χ2n) is 6.39. The van der Waals surface area contributed by atoms with Crippen molar-refractivity contribution in [3.63, 3.8) is 0 Å². The molecule has 2 rings (SSSR count). The minimum absolute atomic E-state index is 0.777. The zero-order valence-corrected chi connectivity index (χ0v) is 12.1. The molecule has 2 heterocycles. The average Bonchev–Trinajstić information content (AvgIpc) is 2.60. The Morgan fingerprint density at radius 1 is 1.18 bits per heavy atom. The standard InChI is InChI=1S/C15H30N2/c1-5-11(2)8-12(3)17-14-6-7-15(17)10-13(9-14)16-4/h11-16H,5-10H2,1-4H3. The molecule has 0 aromatic rings. The molecule has 2 fully saturated rings. The van der Waals surface area contributed by atoms with Crippen molar-refractivity contribution in [2.75, 3.05) is 7.05 Å². The van der Waals surface area contributed by atoms with Crippen LogP contribution in [-0.2, 0) is 0 Å². The quantitative estimate of drug-likeness (QED) is 0.792. The smallest absolute Gasteiger partial charge is 0.0116 e. The summed E-state index contributed by atoms with van der Waals surface area (Å²) >= 11 is 0. The Kier molecular flexibility index (Phi) is 4.48. The molecule has 2 bridgehead atoms. The Labute approximate surface area is 107 Å². The molecule has 0 aliphatic carbocycles. The summed E-state index contributed by atoms with van der Waals surface area (Å²) in [6.07, 6.45) is 8.33. The van der Waals surface area contributed by atoms with Gasteiger partial charge in [-0.1, -0.05) is 20.3 Å². The van der Waals surface area contributed by atoms with E-state index in [-0.39, 0.29) is 0 Å². The summed E-state index contributed by atoms with van der Waals surface area (Å²) in [5.41, 5.74) is 0. The topological polar surface area (TPSA) is 15.3 Å². The van der Waals surface area contributed by atoms with Crippen molar-refractivity contribution < 1.29 is 0 Å². The van der Waals surface area contributed by atoms with Crippen molar-refractivity contribution in [1.29, 1.82) is 0 Å². The van der Waals surface area contributed by atoms with E-state index >= 15 is 0 Å². The van der Waals surface area contributed by atoms with Gasteiger partial charge in [-0.05, 0) is 52.0 Å². The number of rotatable bonds is 5. The van der Waals surface area contributed by atoms with Gasteiger partial charge in [0.15, 0.2) is 0 Å². The summed E-state index contributed by atoms with van der Waals surface area (Å²) in [5.74, 6) is 0.881. The van der Waals surface area contributed by atoms with Gasteiger partial charge >= 0.3 is 0 Å². The molecule has 0 aromatic carbocycles. The molecule has 0 amide bonds. The highest BCUT2D eigenvalue weighted by atomic mass is 15.3. The lowest BCUT2D eigenvalue weighted by Gasteiger charge is -2.43. The highest BCUT2D eigenvalue weighted by Gasteiger charge is 2.42. The molecule has 0 radical (unpaired) electrons. The van der Waals surface area contributed by atoms with E-state index in [0.717, 1.165) is 30.1 Å². The second-order valence-corrected chi connectivity index (χ2v) is 6.39. The first-order valence-electron chi connectivity index (χ1n) is 7.60. The second kappa shape index (κ2) is 5.71. The number of hydrogen-bond acceptors (Lipinski definition) is 2. The fourth-order valence-corrected chi connectivity index (χ4v) is 4.04. The lowest BCUT2D eigenvalue weighted by Crippen LogP contribution is -2.52. The van der Waals surface area contributed by atoms with Crippen molar-refractivity contribution in [3.8, 4) is 0 Å². The van der Waals surface area contributed by atoms with Gasteiger partial charge in [-0.25, -0.2) is 0 Å². The predicted molar refractivity (Wildman–Crippen MR) is 74.3 cm³/mol. The Morgan fingerprint density at radius 2 is 1.76 bits per heavy atom.